The lowest BCUT2D eigenvalue weighted by molar-refractivity contribution is -0.144. The molecule has 6 nitrogen and oxygen atoms in total. The molecule has 1 rings (SSSR count). The number of benzene rings is 1. The molecule has 0 aliphatic rings. The number of carboxylic acids is 2. The number of hydrogen-bond donors (Lipinski definition) is 4. The van der Waals surface area contributed by atoms with Crippen molar-refractivity contribution in [1.29, 1.82) is 0 Å². The van der Waals surface area contributed by atoms with E-state index in [2.05, 4.69) is 5.32 Å². The van der Waals surface area contributed by atoms with E-state index in [4.69, 9.17) is 15.9 Å². The molecule has 2 atom stereocenters. The molecule has 1 aromatic rings. The molecule has 19 heavy (non-hydrogen) atoms. The molecule has 0 radical (unpaired) electrons. The van der Waals surface area contributed by atoms with E-state index in [9.17, 15) is 9.59 Å². The van der Waals surface area contributed by atoms with E-state index in [0.29, 0.717) is 5.69 Å². The van der Waals surface area contributed by atoms with Crippen molar-refractivity contribution >= 4 is 17.6 Å². The SMILES string of the molecule is CC(N)Cc1ccc(N[C@@H](CC(=O)O)C(=O)O)cc1. The summed E-state index contributed by atoms with van der Waals surface area (Å²) < 4.78 is 0. The Bertz CT molecular complexity index is 442. The van der Waals surface area contributed by atoms with Crippen LogP contribution in [0.2, 0.25) is 0 Å². The van der Waals surface area contributed by atoms with Gasteiger partial charge in [-0.2, -0.15) is 0 Å². The summed E-state index contributed by atoms with van der Waals surface area (Å²) >= 11 is 0. The maximum atomic E-state index is 10.9. The smallest absolute Gasteiger partial charge is 0.326 e. The van der Waals surface area contributed by atoms with Crippen LogP contribution < -0.4 is 11.1 Å². The predicted octanol–water partition coefficient (Wildman–Crippen LogP) is 0.916. The van der Waals surface area contributed by atoms with E-state index in [-0.39, 0.29) is 6.04 Å². The van der Waals surface area contributed by atoms with Gasteiger partial charge >= 0.3 is 11.9 Å². The molecule has 0 amide bonds. The second kappa shape index (κ2) is 6.75. The first-order valence-electron chi connectivity index (χ1n) is 5.94. The van der Waals surface area contributed by atoms with Crippen molar-refractivity contribution in [2.24, 2.45) is 5.73 Å². The quantitative estimate of drug-likeness (QED) is 0.583. The molecular formula is C13H18N2O4. The molecule has 0 aliphatic carbocycles. The zero-order chi connectivity index (χ0) is 14.4. The lowest BCUT2D eigenvalue weighted by atomic mass is 10.1. The minimum Gasteiger partial charge on any atom is -0.481 e. The summed E-state index contributed by atoms with van der Waals surface area (Å²) in [6.07, 6.45) is 0.259. The molecule has 0 heterocycles. The zero-order valence-corrected chi connectivity index (χ0v) is 10.7. The number of aliphatic carboxylic acids is 2. The number of hydrogen-bond acceptors (Lipinski definition) is 4. The Hall–Kier alpha value is -2.08. The van der Waals surface area contributed by atoms with E-state index in [1.807, 2.05) is 19.1 Å². The van der Waals surface area contributed by atoms with Crippen molar-refractivity contribution in [2.45, 2.75) is 31.8 Å². The monoisotopic (exact) mass is 266 g/mol. The van der Waals surface area contributed by atoms with Gasteiger partial charge in [-0.25, -0.2) is 4.79 Å². The number of anilines is 1. The third kappa shape index (κ3) is 5.39. The highest BCUT2D eigenvalue weighted by molar-refractivity contribution is 5.83. The molecule has 104 valence electrons. The number of nitrogens with two attached hydrogens (primary N) is 1. The summed E-state index contributed by atoms with van der Waals surface area (Å²) in [4.78, 5) is 21.5. The number of carbonyl (C=O) groups is 2. The highest BCUT2D eigenvalue weighted by atomic mass is 16.4. The molecular weight excluding hydrogens is 248 g/mol. The number of nitrogens with one attached hydrogen (secondary N) is 1. The first-order chi connectivity index (χ1) is 8.88. The van der Waals surface area contributed by atoms with Crippen molar-refractivity contribution in [2.75, 3.05) is 5.32 Å². The first-order valence-corrected chi connectivity index (χ1v) is 5.94. The molecule has 0 aromatic heterocycles. The Morgan fingerprint density at radius 2 is 1.84 bits per heavy atom. The van der Waals surface area contributed by atoms with Gasteiger partial charge in [-0.15, -0.1) is 0 Å². The van der Waals surface area contributed by atoms with Crippen LogP contribution in [0.1, 0.15) is 18.9 Å². The molecule has 0 aliphatic heterocycles. The molecule has 0 spiro atoms. The van der Waals surface area contributed by atoms with Crippen LogP contribution in [0.3, 0.4) is 0 Å². The maximum Gasteiger partial charge on any atom is 0.326 e. The third-order valence-corrected chi connectivity index (χ3v) is 2.53. The van der Waals surface area contributed by atoms with Gasteiger partial charge in [0, 0.05) is 11.7 Å². The van der Waals surface area contributed by atoms with Crippen LogP contribution in [0.4, 0.5) is 5.69 Å². The Morgan fingerprint density at radius 1 is 1.26 bits per heavy atom. The number of carboxylic acid groups (broad SMARTS) is 2. The lowest BCUT2D eigenvalue weighted by Gasteiger charge is -2.14. The van der Waals surface area contributed by atoms with Gasteiger partial charge < -0.3 is 21.3 Å². The van der Waals surface area contributed by atoms with E-state index in [1.54, 1.807) is 12.1 Å². The molecule has 0 saturated heterocycles. The fraction of sp³-hybridized carbons (Fsp3) is 0.385. The molecule has 0 saturated carbocycles. The topological polar surface area (TPSA) is 113 Å². The zero-order valence-electron chi connectivity index (χ0n) is 10.7. The summed E-state index contributed by atoms with van der Waals surface area (Å²) in [5.74, 6) is -2.35. The fourth-order valence-corrected chi connectivity index (χ4v) is 1.68. The summed E-state index contributed by atoms with van der Waals surface area (Å²) in [5.41, 5.74) is 7.30. The lowest BCUT2D eigenvalue weighted by Crippen LogP contribution is -2.31. The van der Waals surface area contributed by atoms with Crippen molar-refractivity contribution in [3.8, 4) is 0 Å². The fourth-order valence-electron chi connectivity index (χ4n) is 1.68. The summed E-state index contributed by atoms with van der Waals surface area (Å²) in [6.45, 7) is 1.90. The average molecular weight is 266 g/mol. The van der Waals surface area contributed by atoms with Gasteiger partial charge in [0.15, 0.2) is 0 Å². The van der Waals surface area contributed by atoms with Crippen molar-refractivity contribution < 1.29 is 19.8 Å². The standard InChI is InChI=1S/C13H18N2O4/c1-8(14)6-9-2-4-10(5-3-9)15-11(13(18)19)7-12(16)17/h2-5,8,11,15H,6-7,14H2,1H3,(H,16,17)(H,18,19)/t8?,11-/m0/s1. The van der Waals surface area contributed by atoms with Gasteiger partial charge in [0.25, 0.3) is 0 Å². The van der Waals surface area contributed by atoms with Crippen molar-refractivity contribution in [3.63, 3.8) is 0 Å². The molecule has 0 bridgehead atoms. The van der Waals surface area contributed by atoms with Crippen LogP contribution in [0, 0.1) is 0 Å². The van der Waals surface area contributed by atoms with Crippen molar-refractivity contribution in [3.05, 3.63) is 29.8 Å². The Balaban J connectivity index is 2.69. The van der Waals surface area contributed by atoms with Gasteiger partial charge in [0.1, 0.15) is 6.04 Å². The maximum absolute atomic E-state index is 10.9. The third-order valence-electron chi connectivity index (χ3n) is 2.53. The van der Waals surface area contributed by atoms with Gasteiger partial charge in [0.05, 0.1) is 6.42 Å². The second-order valence-corrected chi connectivity index (χ2v) is 4.51. The van der Waals surface area contributed by atoms with Crippen LogP contribution in [0.15, 0.2) is 24.3 Å². The molecule has 6 heteroatoms. The summed E-state index contributed by atoms with van der Waals surface area (Å²) in [7, 11) is 0. The Morgan fingerprint density at radius 3 is 2.26 bits per heavy atom. The van der Waals surface area contributed by atoms with E-state index in [1.165, 1.54) is 0 Å². The van der Waals surface area contributed by atoms with E-state index in [0.717, 1.165) is 12.0 Å². The van der Waals surface area contributed by atoms with Crippen LogP contribution in [-0.2, 0) is 16.0 Å². The molecule has 1 aromatic carbocycles. The normalized spacial score (nSPS) is 13.6. The first kappa shape index (κ1) is 15.0. The summed E-state index contributed by atoms with van der Waals surface area (Å²) in [5, 5.41) is 20.2. The van der Waals surface area contributed by atoms with E-state index < -0.39 is 24.4 Å². The molecule has 0 fully saturated rings. The van der Waals surface area contributed by atoms with Crippen LogP contribution in [-0.4, -0.2) is 34.2 Å². The summed E-state index contributed by atoms with van der Waals surface area (Å²) in [6, 6.07) is 6.02. The minimum atomic E-state index is -1.19. The largest absolute Gasteiger partial charge is 0.481 e. The highest BCUT2D eigenvalue weighted by Gasteiger charge is 2.20. The van der Waals surface area contributed by atoms with Crippen LogP contribution in [0.25, 0.3) is 0 Å². The van der Waals surface area contributed by atoms with Gasteiger partial charge in [-0.1, -0.05) is 12.1 Å². The second-order valence-electron chi connectivity index (χ2n) is 4.51. The Labute approximate surface area is 111 Å². The van der Waals surface area contributed by atoms with Crippen LogP contribution >= 0.6 is 0 Å². The Kier molecular flexibility index (Phi) is 5.32. The van der Waals surface area contributed by atoms with Crippen LogP contribution in [0.5, 0.6) is 0 Å². The molecule has 1 unspecified atom stereocenters. The average Bonchev–Trinajstić information content (AvgIpc) is 2.29. The minimum absolute atomic E-state index is 0.0533. The van der Waals surface area contributed by atoms with E-state index >= 15 is 0 Å². The van der Waals surface area contributed by atoms with Gasteiger partial charge in [-0.05, 0) is 31.0 Å². The molecule has 5 N–H and O–H groups in total. The van der Waals surface area contributed by atoms with Crippen molar-refractivity contribution in [1.82, 2.24) is 0 Å². The van der Waals surface area contributed by atoms with Gasteiger partial charge in [0.2, 0.25) is 0 Å². The van der Waals surface area contributed by atoms with Gasteiger partial charge in [-0.3, -0.25) is 4.79 Å². The predicted molar refractivity (Wildman–Crippen MR) is 71.1 cm³/mol. The number of rotatable bonds is 7. The highest BCUT2D eigenvalue weighted by Crippen LogP contribution is 2.13.